The van der Waals surface area contributed by atoms with Crippen LogP contribution >= 0.6 is 56.7 Å². The van der Waals surface area contributed by atoms with Gasteiger partial charge in [-0.25, -0.2) is 43.6 Å². The summed E-state index contributed by atoms with van der Waals surface area (Å²) in [4.78, 5) is 50.1. The first-order chi connectivity index (χ1) is 54.6. The van der Waals surface area contributed by atoms with E-state index in [1.165, 1.54) is 69.8 Å². The first kappa shape index (κ1) is 73.6. The maximum Gasteiger partial charge on any atom is 0.154 e. The van der Waals surface area contributed by atoms with E-state index in [4.69, 9.17) is 10.2 Å². The molecule has 0 N–H and O–H groups in total. The predicted molar refractivity (Wildman–Crippen MR) is 459 cm³/mol. The Morgan fingerprint density at radius 3 is 1.11 bits per heavy atom. The van der Waals surface area contributed by atoms with Gasteiger partial charge in [-0.2, -0.15) is 20.4 Å². The predicted octanol–water partition coefficient (Wildman–Crippen LogP) is 21.9. The third kappa shape index (κ3) is 15.8. The van der Waals surface area contributed by atoms with E-state index in [1.807, 2.05) is 232 Å². The minimum atomic E-state index is 0.846. The molecule has 0 amide bonds. The lowest BCUT2D eigenvalue weighted by Gasteiger charge is -2.07. The van der Waals surface area contributed by atoms with E-state index in [-0.39, 0.29) is 0 Å². The largest absolute Gasteiger partial charge is 0.300 e. The molecule has 0 radical (unpaired) electrons. The first-order valence-corrected chi connectivity index (χ1v) is 40.6. The average molecular weight is 1560 g/mol. The van der Waals surface area contributed by atoms with Crippen LogP contribution < -0.4 is 0 Å². The van der Waals surface area contributed by atoms with Crippen LogP contribution in [0.3, 0.4) is 0 Å². The van der Waals surface area contributed by atoms with Crippen molar-refractivity contribution in [1.82, 2.24) is 93.5 Å². The second-order valence-electron chi connectivity index (χ2n) is 26.7. The number of aryl methyl sites for hydroxylation is 9. The fourth-order valence-electron chi connectivity index (χ4n) is 13.0. The smallest absolute Gasteiger partial charge is 0.154 e. The molecule has 20 heterocycles. The first-order valence-electron chi connectivity index (χ1n) is 36.5. The summed E-state index contributed by atoms with van der Waals surface area (Å²) in [5, 5.41) is 24.5. The number of hydrogen-bond acceptors (Lipinski definition) is 19. The highest BCUT2D eigenvalue weighted by Crippen LogP contribution is 2.41. The van der Waals surface area contributed by atoms with Crippen LogP contribution in [0.5, 0.6) is 0 Å². The Morgan fingerprint density at radius 1 is 0.304 bits per heavy atom. The molecule has 0 aliphatic heterocycles. The van der Waals surface area contributed by atoms with Gasteiger partial charge in [0.25, 0.3) is 0 Å². The number of thiophene rings is 5. The zero-order valence-electron chi connectivity index (χ0n) is 63.1. The average Bonchev–Trinajstić information content (AvgIpc) is 1.65. The van der Waals surface area contributed by atoms with Crippen molar-refractivity contribution in [1.29, 1.82) is 0 Å². The van der Waals surface area contributed by atoms with Gasteiger partial charge in [-0.15, -0.1) is 56.7 Å². The van der Waals surface area contributed by atoms with Crippen molar-refractivity contribution in [3.63, 3.8) is 0 Å². The fourth-order valence-corrected chi connectivity index (χ4v) is 18.3. The summed E-state index contributed by atoms with van der Waals surface area (Å²) in [6, 6.07) is 59.7. The number of rotatable bonds is 12. The molecule has 112 heavy (non-hydrogen) atoms. The molecular formula is C88H75N19S5. The lowest BCUT2D eigenvalue weighted by molar-refractivity contribution is 0.818. The summed E-state index contributed by atoms with van der Waals surface area (Å²) in [5.41, 5.74) is 16.0. The highest BCUT2D eigenvalue weighted by atomic mass is 32.1. The molecule has 0 fully saturated rings. The fraction of sp³-hybridized carbons (Fsp3) is 0.136. The molecule has 0 aliphatic rings. The maximum atomic E-state index is 4.73. The van der Waals surface area contributed by atoms with Crippen LogP contribution in [0.15, 0.2) is 250 Å². The molecule has 0 atom stereocenters. The zero-order chi connectivity index (χ0) is 76.9. The van der Waals surface area contributed by atoms with Gasteiger partial charge >= 0.3 is 0 Å². The van der Waals surface area contributed by atoms with Gasteiger partial charge in [-0.05, 0) is 225 Å². The minimum Gasteiger partial charge on any atom is -0.300 e. The van der Waals surface area contributed by atoms with E-state index in [0.29, 0.717) is 0 Å². The van der Waals surface area contributed by atoms with Crippen molar-refractivity contribution in [3.8, 4) is 81.9 Å². The molecule has 0 spiro atoms. The number of fused-ring (bicyclic) bond motifs is 5. The summed E-state index contributed by atoms with van der Waals surface area (Å²) in [5.74, 6) is 4.36. The van der Waals surface area contributed by atoms with Gasteiger partial charge in [0, 0.05) is 147 Å². The van der Waals surface area contributed by atoms with Crippen molar-refractivity contribution < 1.29 is 0 Å². The Labute approximate surface area is 666 Å². The van der Waals surface area contributed by atoms with Crippen LogP contribution in [0.4, 0.5) is 0 Å². The lowest BCUT2D eigenvalue weighted by atomic mass is 10.1. The van der Waals surface area contributed by atoms with Gasteiger partial charge in [-0.1, -0.05) is 44.2 Å². The van der Waals surface area contributed by atoms with Gasteiger partial charge in [0.1, 0.15) is 5.82 Å². The topological polar surface area (TPSA) is 205 Å². The quantitative estimate of drug-likeness (QED) is 0.112. The summed E-state index contributed by atoms with van der Waals surface area (Å²) >= 11 is 8.82. The molecular weight excluding hydrogens is 1480 g/mol. The zero-order valence-corrected chi connectivity index (χ0v) is 67.2. The van der Waals surface area contributed by atoms with Crippen molar-refractivity contribution in [2.75, 3.05) is 0 Å². The molecule has 0 aliphatic carbocycles. The van der Waals surface area contributed by atoms with Gasteiger partial charge in [0.2, 0.25) is 0 Å². The Kier molecular flexibility index (Phi) is 21.4. The van der Waals surface area contributed by atoms with E-state index in [0.717, 1.165) is 132 Å². The third-order valence-electron chi connectivity index (χ3n) is 18.6. The van der Waals surface area contributed by atoms with E-state index >= 15 is 0 Å². The number of pyridine rings is 10. The van der Waals surface area contributed by atoms with Crippen LogP contribution in [-0.2, 0) is 12.8 Å². The van der Waals surface area contributed by atoms with Gasteiger partial charge < -0.3 is 4.57 Å². The molecule has 20 aromatic rings. The lowest BCUT2D eigenvalue weighted by Crippen LogP contribution is -2.02. The second-order valence-corrected chi connectivity index (χ2v) is 32.1. The van der Waals surface area contributed by atoms with Crippen LogP contribution in [0.25, 0.3) is 132 Å². The molecule has 0 saturated heterocycles. The van der Waals surface area contributed by atoms with Gasteiger partial charge in [0.15, 0.2) is 23.3 Å². The number of hydrogen-bond donors (Lipinski definition) is 0. The van der Waals surface area contributed by atoms with Crippen molar-refractivity contribution >= 4 is 107 Å². The molecule has 24 heteroatoms. The molecule has 0 saturated carbocycles. The molecule has 0 unspecified atom stereocenters. The van der Waals surface area contributed by atoms with Crippen LogP contribution in [0.2, 0.25) is 0 Å². The van der Waals surface area contributed by atoms with Gasteiger partial charge in [0.05, 0.1) is 76.1 Å². The molecule has 20 rings (SSSR count). The Balaban J connectivity index is 0.000000106. The van der Waals surface area contributed by atoms with Crippen LogP contribution in [0.1, 0.15) is 70.5 Å². The van der Waals surface area contributed by atoms with E-state index < -0.39 is 0 Å². The SMILES string of the molecule is CCc1cc(-c2cc3cnccc3s2)n(-c2cccc(C)n2)n1.CCc1cnn(-c2cccc(C)n2)c1-c1cc2cnccc2s1.Cc1cccc(-n2cccc2-c2cc3cnccc3s2)n1.Cc1cccc(-n2nc(C)c(C)c2-c2cc3cnccc3s2)n1.Cc1cccc(-n2nc(C)cc2-c2cc3cnccc3s2)n1. The summed E-state index contributed by atoms with van der Waals surface area (Å²) in [6.45, 7) is 20.4. The van der Waals surface area contributed by atoms with Crippen molar-refractivity contribution in [3.05, 3.63) is 307 Å². The summed E-state index contributed by atoms with van der Waals surface area (Å²) < 4.78 is 16.1. The van der Waals surface area contributed by atoms with Crippen molar-refractivity contribution in [2.24, 2.45) is 0 Å². The summed E-state index contributed by atoms with van der Waals surface area (Å²) in [7, 11) is 0. The standard InChI is InChI=1S/3C18H16N4S.C17H14N4S.C17H13N3S/c1-11-5-4-6-17(20-11)22-18(12(2)13(3)21-22)16-9-14-10-19-8-7-15(14)23-16;1-3-14-10-15(17-9-13-11-19-8-7-16(13)23-17)22(21-14)18-6-4-5-12(2)20-18;1-3-13-11-20-22(17-6-4-5-12(2)21-17)18(13)16-9-14-10-19-8-7-15(14)23-16;1-11-4-3-5-17(19-11)21-14(8-12(2)20-21)16-9-13-10-18-7-6-15(13)22-16;1-12-4-2-6-17(19-12)20-9-3-5-14(20)16-10-13-11-18-8-7-15(13)21-16/h4-10H,1-3H3;2*4-11H,3H2,1-2H3;3-10H,1-2H3;2-11H,1H3. The number of aromatic nitrogens is 19. The second kappa shape index (κ2) is 32.5. The van der Waals surface area contributed by atoms with Crippen molar-refractivity contribution in [2.45, 2.75) is 82.1 Å². The molecule has 0 bridgehead atoms. The maximum absolute atomic E-state index is 4.73. The highest BCUT2D eigenvalue weighted by Gasteiger charge is 2.22. The normalized spacial score (nSPS) is 11.2. The van der Waals surface area contributed by atoms with Crippen LogP contribution in [-0.4, -0.2) is 93.5 Å². The molecule has 19 nitrogen and oxygen atoms in total. The van der Waals surface area contributed by atoms with E-state index in [9.17, 15) is 0 Å². The summed E-state index contributed by atoms with van der Waals surface area (Å²) in [6.07, 6.45) is 24.5. The molecule has 20 aromatic heterocycles. The van der Waals surface area contributed by atoms with E-state index in [2.05, 4.69) is 170 Å². The Bertz CT molecular complexity index is 6520. The highest BCUT2D eigenvalue weighted by molar-refractivity contribution is 7.23. The third-order valence-corrected chi connectivity index (χ3v) is 24.2. The monoisotopic (exact) mass is 1560 g/mol. The number of nitrogens with zero attached hydrogens (tertiary/aromatic N) is 19. The Morgan fingerprint density at radius 2 is 0.679 bits per heavy atom. The van der Waals surface area contributed by atoms with Gasteiger partial charge in [-0.3, -0.25) is 24.9 Å². The molecule has 552 valence electrons. The van der Waals surface area contributed by atoms with E-state index in [1.54, 1.807) is 56.7 Å². The minimum absolute atomic E-state index is 0.846. The molecule has 0 aromatic carbocycles. The Hall–Kier alpha value is -12.6. The van der Waals surface area contributed by atoms with Crippen LogP contribution in [0, 0.1) is 55.4 Å².